The second-order valence-electron chi connectivity index (χ2n) is 13.4. The van der Waals surface area contributed by atoms with E-state index in [1.807, 2.05) is 34.6 Å². The van der Waals surface area contributed by atoms with Crippen molar-refractivity contribution >= 4 is 41.4 Å². The summed E-state index contributed by atoms with van der Waals surface area (Å²) in [5.74, 6) is -4.01. The molecule has 0 spiro atoms. The Hall–Kier alpha value is -3.71. The molecule has 1 saturated heterocycles. The van der Waals surface area contributed by atoms with Gasteiger partial charge in [-0.2, -0.15) is 0 Å². The molecule has 3 N–H and O–H groups in total. The first-order chi connectivity index (χ1) is 21.2. The highest BCUT2D eigenvalue weighted by Gasteiger charge is 2.37. The number of rotatable bonds is 6. The number of carbonyl (C=O) groups excluding carboxylic acids is 7. The quantitative estimate of drug-likeness (QED) is 0.369. The first-order valence-electron chi connectivity index (χ1n) is 16.2. The molecular formula is C32H57N7O7. The van der Waals surface area contributed by atoms with Gasteiger partial charge in [-0.3, -0.25) is 33.6 Å². The van der Waals surface area contributed by atoms with E-state index < -0.39 is 78.1 Å². The van der Waals surface area contributed by atoms with Crippen molar-refractivity contribution in [1.82, 2.24) is 35.6 Å². The third-order valence-corrected chi connectivity index (χ3v) is 8.74. The van der Waals surface area contributed by atoms with Crippen molar-refractivity contribution in [2.75, 3.05) is 41.3 Å². The van der Waals surface area contributed by atoms with Crippen LogP contribution < -0.4 is 16.0 Å². The van der Waals surface area contributed by atoms with E-state index >= 15 is 0 Å². The summed E-state index contributed by atoms with van der Waals surface area (Å²) in [5, 5.41) is 8.03. The zero-order valence-electron chi connectivity index (χ0n) is 29.8. The number of hydrogen-bond donors (Lipinski definition) is 3. The van der Waals surface area contributed by atoms with Crippen LogP contribution in [0.25, 0.3) is 0 Å². The number of carbonyl (C=O) groups is 7. The normalized spacial score (nSPS) is 26.7. The molecule has 6 atom stereocenters. The van der Waals surface area contributed by atoms with E-state index in [9.17, 15) is 33.6 Å². The minimum Gasteiger partial charge on any atom is -0.345 e. The molecule has 1 aliphatic rings. The van der Waals surface area contributed by atoms with Gasteiger partial charge in [0.2, 0.25) is 41.4 Å². The Kier molecular flexibility index (Phi) is 15.6. The van der Waals surface area contributed by atoms with Crippen LogP contribution in [0, 0.1) is 17.8 Å². The lowest BCUT2D eigenvalue weighted by molar-refractivity contribution is -0.148. The summed E-state index contributed by atoms with van der Waals surface area (Å²) in [6.45, 7) is 13.5. The Labute approximate surface area is 274 Å². The molecule has 1 rings (SSSR count). The molecule has 0 aromatic heterocycles. The lowest BCUT2D eigenvalue weighted by Gasteiger charge is -2.35. The summed E-state index contributed by atoms with van der Waals surface area (Å²) < 4.78 is 0. The van der Waals surface area contributed by atoms with Crippen molar-refractivity contribution in [3.63, 3.8) is 0 Å². The minimum atomic E-state index is -0.983. The predicted molar refractivity (Wildman–Crippen MR) is 174 cm³/mol. The zero-order valence-corrected chi connectivity index (χ0v) is 29.8. The van der Waals surface area contributed by atoms with Crippen molar-refractivity contribution < 1.29 is 33.6 Å². The molecule has 0 aromatic rings. The first kappa shape index (κ1) is 40.3. The standard InChI is InChI=1S/C32H57N7O7/c1-13-20(6)27-32(46)36(9)17-26(41)39(12)24(15-19(4)5)29(43)34-23(14-18(2)3)31(45)38(11)22(8)30(44)37(10)21(7)28(42)33-16-25(40)35-27/h18-24,27H,13-17H2,1-12H3,(H,33,42)(H,34,43)(H,35,40). The zero-order chi connectivity index (χ0) is 35.6. The Bertz CT molecular complexity index is 1130. The summed E-state index contributed by atoms with van der Waals surface area (Å²) in [6.07, 6.45) is 1.13. The number of nitrogens with zero attached hydrogens (tertiary/aromatic N) is 4. The highest BCUT2D eigenvalue weighted by Crippen LogP contribution is 2.16. The largest absolute Gasteiger partial charge is 0.345 e. The van der Waals surface area contributed by atoms with Gasteiger partial charge in [0.05, 0.1) is 13.1 Å². The van der Waals surface area contributed by atoms with E-state index in [0.29, 0.717) is 12.8 Å². The van der Waals surface area contributed by atoms with Gasteiger partial charge >= 0.3 is 0 Å². The van der Waals surface area contributed by atoms with Crippen LogP contribution in [-0.4, -0.2) is 132 Å². The highest BCUT2D eigenvalue weighted by molar-refractivity contribution is 5.97. The fraction of sp³-hybridized carbons (Fsp3) is 0.781. The van der Waals surface area contributed by atoms with Crippen molar-refractivity contribution in [3.8, 4) is 0 Å². The second kappa shape index (κ2) is 17.8. The summed E-state index contributed by atoms with van der Waals surface area (Å²) >= 11 is 0. The first-order valence-corrected chi connectivity index (χ1v) is 16.2. The molecule has 7 amide bonds. The van der Waals surface area contributed by atoms with E-state index in [1.165, 1.54) is 61.6 Å². The molecule has 0 aromatic carbocycles. The molecule has 6 unspecified atom stereocenters. The van der Waals surface area contributed by atoms with E-state index in [-0.39, 0.29) is 30.7 Å². The number of nitrogens with one attached hydrogen (secondary N) is 3. The van der Waals surface area contributed by atoms with Crippen molar-refractivity contribution in [3.05, 3.63) is 0 Å². The lowest BCUT2D eigenvalue weighted by Crippen LogP contribution is -2.58. The van der Waals surface area contributed by atoms with Crippen LogP contribution in [-0.2, 0) is 33.6 Å². The van der Waals surface area contributed by atoms with Crippen LogP contribution in [0.1, 0.15) is 74.7 Å². The topological polar surface area (TPSA) is 169 Å². The van der Waals surface area contributed by atoms with Crippen LogP contribution >= 0.6 is 0 Å². The molecule has 0 aliphatic carbocycles. The Balaban J connectivity index is 3.63. The molecule has 0 radical (unpaired) electrons. The number of amides is 7. The van der Waals surface area contributed by atoms with E-state index in [1.54, 1.807) is 6.92 Å². The van der Waals surface area contributed by atoms with Gasteiger partial charge < -0.3 is 35.6 Å². The third-order valence-electron chi connectivity index (χ3n) is 8.74. The summed E-state index contributed by atoms with van der Waals surface area (Å²) in [5.41, 5.74) is 0. The van der Waals surface area contributed by atoms with Crippen LogP contribution in [0.5, 0.6) is 0 Å². The predicted octanol–water partition coefficient (Wildman–Crippen LogP) is 0.203. The van der Waals surface area contributed by atoms with E-state index in [4.69, 9.17) is 0 Å². The summed E-state index contributed by atoms with van der Waals surface area (Å²) in [6, 6.07) is -4.86. The van der Waals surface area contributed by atoms with Crippen LogP contribution in [0.15, 0.2) is 0 Å². The van der Waals surface area contributed by atoms with E-state index in [2.05, 4.69) is 16.0 Å². The van der Waals surface area contributed by atoms with Crippen molar-refractivity contribution in [1.29, 1.82) is 0 Å². The SMILES string of the molecule is CCC(C)C1NC(=O)CNC(=O)C(C)N(C)C(=O)C(C)N(C)C(=O)C(CC(C)C)NC(=O)C(CC(C)C)N(C)C(=O)CN(C)C1=O. The molecule has 1 fully saturated rings. The Morgan fingerprint density at radius 2 is 1.24 bits per heavy atom. The molecule has 14 nitrogen and oxygen atoms in total. The maximum absolute atomic E-state index is 13.8. The van der Waals surface area contributed by atoms with Gasteiger partial charge in [0.15, 0.2) is 0 Å². The molecule has 14 heteroatoms. The van der Waals surface area contributed by atoms with Gasteiger partial charge in [-0.25, -0.2) is 0 Å². The van der Waals surface area contributed by atoms with Crippen LogP contribution in [0.2, 0.25) is 0 Å². The van der Waals surface area contributed by atoms with Gasteiger partial charge in [-0.1, -0.05) is 48.0 Å². The van der Waals surface area contributed by atoms with Gasteiger partial charge in [-0.05, 0) is 44.4 Å². The maximum Gasteiger partial charge on any atom is 0.245 e. The lowest BCUT2D eigenvalue weighted by atomic mass is 9.97. The third kappa shape index (κ3) is 11.0. The molecule has 1 heterocycles. The van der Waals surface area contributed by atoms with Gasteiger partial charge in [0.25, 0.3) is 0 Å². The maximum atomic E-state index is 13.8. The molecule has 0 bridgehead atoms. The molecule has 1 aliphatic heterocycles. The fourth-order valence-corrected chi connectivity index (χ4v) is 5.14. The fourth-order valence-electron chi connectivity index (χ4n) is 5.14. The average molecular weight is 652 g/mol. The van der Waals surface area contributed by atoms with Crippen LogP contribution in [0.4, 0.5) is 0 Å². The van der Waals surface area contributed by atoms with Crippen molar-refractivity contribution in [2.45, 2.75) is 105 Å². The number of hydrogen-bond acceptors (Lipinski definition) is 7. The molecule has 0 saturated carbocycles. The van der Waals surface area contributed by atoms with Gasteiger partial charge in [0, 0.05) is 28.2 Å². The van der Waals surface area contributed by atoms with Crippen LogP contribution in [0.3, 0.4) is 0 Å². The Morgan fingerprint density at radius 1 is 0.696 bits per heavy atom. The summed E-state index contributed by atoms with van der Waals surface area (Å²) in [4.78, 5) is 98.7. The van der Waals surface area contributed by atoms with Gasteiger partial charge in [-0.15, -0.1) is 0 Å². The van der Waals surface area contributed by atoms with Crippen molar-refractivity contribution in [2.24, 2.45) is 17.8 Å². The molecular weight excluding hydrogens is 594 g/mol. The summed E-state index contributed by atoms with van der Waals surface area (Å²) in [7, 11) is 5.83. The number of likely N-dealkylation sites (N-methyl/N-ethyl adjacent to an activating group) is 4. The van der Waals surface area contributed by atoms with Gasteiger partial charge in [0.1, 0.15) is 30.2 Å². The minimum absolute atomic E-state index is 0.00637. The van der Waals surface area contributed by atoms with E-state index in [0.717, 1.165) is 0 Å². The molecule has 46 heavy (non-hydrogen) atoms. The monoisotopic (exact) mass is 651 g/mol. The molecule has 262 valence electrons. The Morgan fingerprint density at radius 3 is 1.76 bits per heavy atom. The highest BCUT2D eigenvalue weighted by atomic mass is 16.2. The smallest absolute Gasteiger partial charge is 0.245 e. The average Bonchev–Trinajstić information content (AvgIpc) is 3.00. The second-order valence-corrected chi connectivity index (χ2v) is 13.4.